The molecular formula is C16H16FN3. The number of hydrogen-bond donors (Lipinski definition) is 3. The van der Waals surface area contributed by atoms with Gasteiger partial charge in [0.25, 0.3) is 0 Å². The molecule has 0 amide bonds. The number of H-pyrrole nitrogens is 1. The van der Waals surface area contributed by atoms with Crippen molar-refractivity contribution >= 4 is 22.3 Å². The molecule has 3 aromatic rings. The number of anilines is 2. The molecule has 0 aliphatic carbocycles. The highest BCUT2D eigenvalue weighted by molar-refractivity contribution is 5.83. The molecule has 0 radical (unpaired) electrons. The van der Waals surface area contributed by atoms with Crippen LogP contribution in [-0.2, 0) is 6.42 Å². The lowest BCUT2D eigenvalue weighted by Crippen LogP contribution is -2.07. The van der Waals surface area contributed by atoms with Gasteiger partial charge in [-0.15, -0.1) is 0 Å². The van der Waals surface area contributed by atoms with Gasteiger partial charge < -0.3 is 16.0 Å². The van der Waals surface area contributed by atoms with Crippen molar-refractivity contribution in [2.75, 3.05) is 17.6 Å². The van der Waals surface area contributed by atoms with Crippen molar-refractivity contribution in [1.82, 2.24) is 4.98 Å². The minimum Gasteiger partial charge on any atom is -0.397 e. The normalized spacial score (nSPS) is 10.8. The maximum absolute atomic E-state index is 13.2. The molecule has 1 heterocycles. The molecule has 2 aromatic carbocycles. The number of nitrogens with two attached hydrogens (primary N) is 1. The zero-order valence-electron chi connectivity index (χ0n) is 11.0. The molecule has 0 saturated carbocycles. The van der Waals surface area contributed by atoms with Crippen LogP contribution in [0.25, 0.3) is 10.9 Å². The van der Waals surface area contributed by atoms with Gasteiger partial charge in [-0.25, -0.2) is 4.39 Å². The van der Waals surface area contributed by atoms with Crippen LogP contribution < -0.4 is 11.1 Å². The lowest BCUT2D eigenvalue weighted by molar-refractivity contribution is 0.628. The average molecular weight is 269 g/mol. The van der Waals surface area contributed by atoms with E-state index in [9.17, 15) is 4.39 Å². The van der Waals surface area contributed by atoms with Gasteiger partial charge in [-0.1, -0.05) is 18.2 Å². The van der Waals surface area contributed by atoms with E-state index in [2.05, 4.69) is 22.4 Å². The fourth-order valence-electron chi connectivity index (χ4n) is 2.35. The summed E-state index contributed by atoms with van der Waals surface area (Å²) in [6, 6.07) is 12.5. The summed E-state index contributed by atoms with van der Waals surface area (Å²) in [7, 11) is 0. The van der Waals surface area contributed by atoms with Crippen LogP contribution in [0.5, 0.6) is 0 Å². The zero-order valence-corrected chi connectivity index (χ0v) is 11.0. The van der Waals surface area contributed by atoms with Crippen LogP contribution in [0, 0.1) is 5.82 Å². The Morgan fingerprint density at radius 3 is 2.90 bits per heavy atom. The number of hydrogen-bond acceptors (Lipinski definition) is 2. The maximum Gasteiger partial charge on any atom is 0.125 e. The third kappa shape index (κ3) is 2.45. The second-order valence-electron chi connectivity index (χ2n) is 4.77. The Morgan fingerprint density at radius 1 is 1.15 bits per heavy atom. The molecule has 0 atom stereocenters. The first-order valence-corrected chi connectivity index (χ1v) is 6.58. The Labute approximate surface area is 116 Å². The largest absolute Gasteiger partial charge is 0.397 e. The molecule has 20 heavy (non-hydrogen) atoms. The van der Waals surface area contributed by atoms with E-state index in [-0.39, 0.29) is 5.82 Å². The van der Waals surface area contributed by atoms with Crippen molar-refractivity contribution in [2.24, 2.45) is 0 Å². The summed E-state index contributed by atoms with van der Waals surface area (Å²) in [6.45, 7) is 0.704. The number of nitrogens with one attached hydrogen (secondary N) is 2. The van der Waals surface area contributed by atoms with Crippen LogP contribution in [0.3, 0.4) is 0 Å². The Hall–Kier alpha value is -2.49. The third-order valence-corrected chi connectivity index (χ3v) is 3.40. The van der Waals surface area contributed by atoms with Gasteiger partial charge in [-0.3, -0.25) is 0 Å². The monoisotopic (exact) mass is 269 g/mol. The van der Waals surface area contributed by atoms with Crippen LogP contribution in [-0.4, -0.2) is 11.5 Å². The van der Waals surface area contributed by atoms with E-state index >= 15 is 0 Å². The Morgan fingerprint density at radius 2 is 2.00 bits per heavy atom. The van der Waals surface area contributed by atoms with E-state index in [1.807, 2.05) is 18.3 Å². The van der Waals surface area contributed by atoms with Crippen molar-refractivity contribution in [1.29, 1.82) is 0 Å². The molecule has 0 unspecified atom stereocenters. The maximum atomic E-state index is 13.2. The Kier molecular flexibility index (Phi) is 3.29. The fourth-order valence-corrected chi connectivity index (χ4v) is 2.35. The first-order valence-electron chi connectivity index (χ1n) is 6.58. The van der Waals surface area contributed by atoms with Gasteiger partial charge in [0.2, 0.25) is 0 Å². The molecule has 102 valence electrons. The molecule has 0 aliphatic rings. The Balaban J connectivity index is 1.69. The van der Waals surface area contributed by atoms with E-state index in [0.717, 1.165) is 11.9 Å². The number of fused-ring (bicyclic) bond motifs is 1. The number of rotatable bonds is 4. The number of nitrogen functional groups attached to an aromatic ring is 1. The average Bonchev–Trinajstić information content (AvgIpc) is 2.86. The van der Waals surface area contributed by atoms with Gasteiger partial charge in [0.1, 0.15) is 5.82 Å². The fraction of sp³-hybridized carbons (Fsp3) is 0.125. The molecular weight excluding hydrogens is 253 g/mol. The topological polar surface area (TPSA) is 53.8 Å². The summed E-state index contributed by atoms with van der Waals surface area (Å²) >= 11 is 0. The SMILES string of the molecule is Nc1ccc(F)cc1NCCc1c[nH]c2ccccc12. The van der Waals surface area contributed by atoms with E-state index in [0.29, 0.717) is 17.9 Å². The minimum atomic E-state index is -0.284. The lowest BCUT2D eigenvalue weighted by atomic mass is 10.1. The Bertz CT molecular complexity index is 733. The number of halogens is 1. The van der Waals surface area contributed by atoms with Crippen LogP contribution in [0.2, 0.25) is 0 Å². The molecule has 4 N–H and O–H groups in total. The van der Waals surface area contributed by atoms with E-state index in [4.69, 9.17) is 5.73 Å². The second-order valence-corrected chi connectivity index (χ2v) is 4.77. The molecule has 3 nitrogen and oxygen atoms in total. The van der Waals surface area contributed by atoms with Crippen molar-refractivity contribution < 1.29 is 4.39 Å². The standard InChI is InChI=1S/C16H16FN3/c17-12-5-6-14(18)16(9-12)19-8-7-11-10-20-15-4-2-1-3-13(11)15/h1-6,9-10,19-20H,7-8,18H2. The summed E-state index contributed by atoms with van der Waals surface area (Å²) in [4.78, 5) is 3.24. The van der Waals surface area contributed by atoms with E-state index < -0.39 is 0 Å². The molecule has 3 rings (SSSR count). The minimum absolute atomic E-state index is 0.284. The smallest absolute Gasteiger partial charge is 0.125 e. The molecule has 4 heteroatoms. The summed E-state index contributed by atoms with van der Waals surface area (Å²) in [5, 5.41) is 4.40. The van der Waals surface area contributed by atoms with Gasteiger partial charge in [-0.05, 0) is 36.2 Å². The number of aromatic nitrogens is 1. The van der Waals surface area contributed by atoms with Gasteiger partial charge >= 0.3 is 0 Å². The number of benzene rings is 2. The van der Waals surface area contributed by atoms with Gasteiger partial charge in [0.15, 0.2) is 0 Å². The van der Waals surface area contributed by atoms with Crippen molar-refractivity contribution in [3.63, 3.8) is 0 Å². The van der Waals surface area contributed by atoms with Crippen molar-refractivity contribution in [3.8, 4) is 0 Å². The molecule has 0 spiro atoms. The predicted octanol–water partition coefficient (Wildman–Crippen LogP) is 3.54. The highest BCUT2D eigenvalue weighted by atomic mass is 19.1. The molecule has 0 saturated heterocycles. The second kappa shape index (κ2) is 5.25. The lowest BCUT2D eigenvalue weighted by Gasteiger charge is -2.09. The summed E-state index contributed by atoms with van der Waals surface area (Å²) in [6.07, 6.45) is 2.86. The van der Waals surface area contributed by atoms with Gasteiger partial charge in [0.05, 0.1) is 11.4 Å². The van der Waals surface area contributed by atoms with Crippen LogP contribution in [0.15, 0.2) is 48.7 Å². The summed E-state index contributed by atoms with van der Waals surface area (Å²) < 4.78 is 13.2. The van der Waals surface area contributed by atoms with E-state index in [1.54, 1.807) is 6.07 Å². The zero-order chi connectivity index (χ0) is 13.9. The molecule has 0 fully saturated rings. The van der Waals surface area contributed by atoms with Crippen LogP contribution >= 0.6 is 0 Å². The first-order chi connectivity index (χ1) is 9.74. The molecule has 0 aliphatic heterocycles. The highest BCUT2D eigenvalue weighted by Gasteiger charge is 2.04. The van der Waals surface area contributed by atoms with E-state index in [1.165, 1.54) is 23.1 Å². The predicted molar refractivity (Wildman–Crippen MR) is 81.3 cm³/mol. The third-order valence-electron chi connectivity index (χ3n) is 3.40. The molecule has 0 bridgehead atoms. The quantitative estimate of drug-likeness (QED) is 0.634. The molecule has 1 aromatic heterocycles. The summed E-state index contributed by atoms with van der Waals surface area (Å²) in [5.74, 6) is -0.284. The van der Waals surface area contributed by atoms with Crippen LogP contribution in [0.4, 0.5) is 15.8 Å². The number of aromatic amines is 1. The van der Waals surface area contributed by atoms with Gasteiger partial charge in [0, 0.05) is 23.6 Å². The first kappa shape index (κ1) is 12.5. The van der Waals surface area contributed by atoms with Crippen LogP contribution in [0.1, 0.15) is 5.56 Å². The van der Waals surface area contributed by atoms with Crippen molar-refractivity contribution in [3.05, 3.63) is 60.0 Å². The summed E-state index contributed by atoms with van der Waals surface area (Å²) in [5.41, 5.74) is 9.38. The van der Waals surface area contributed by atoms with Crippen molar-refractivity contribution in [2.45, 2.75) is 6.42 Å². The number of para-hydroxylation sites is 1. The van der Waals surface area contributed by atoms with Gasteiger partial charge in [-0.2, -0.15) is 0 Å². The highest BCUT2D eigenvalue weighted by Crippen LogP contribution is 2.21.